The summed E-state index contributed by atoms with van der Waals surface area (Å²) in [5.41, 5.74) is 7.11. The first-order chi connectivity index (χ1) is 10.1. The Kier molecular flexibility index (Phi) is 5.20. The van der Waals surface area contributed by atoms with Crippen LogP contribution < -0.4 is 5.73 Å². The number of hydrogen-bond donors (Lipinski definition) is 2. The molecule has 0 aromatic heterocycles. The van der Waals surface area contributed by atoms with Crippen molar-refractivity contribution in [3.63, 3.8) is 0 Å². The number of rotatable bonds is 4. The van der Waals surface area contributed by atoms with Crippen LogP contribution in [0.1, 0.15) is 37.3 Å². The molecule has 0 atom stereocenters. The summed E-state index contributed by atoms with van der Waals surface area (Å²) in [6.45, 7) is 3.96. The van der Waals surface area contributed by atoms with Crippen LogP contribution in [0.4, 0.5) is 0 Å². The van der Waals surface area contributed by atoms with Gasteiger partial charge in [0.2, 0.25) is 5.91 Å². The standard InChI is InChI=1S/C16H23N3O2/c1-2-12-7-9-19(10-8-12)15(20)11-13-3-5-14(6-4-13)16(17)18-21/h3-6,12,21H,2,7-11H2,1H3,(H2,17,18). The maximum atomic E-state index is 12.3. The van der Waals surface area contributed by atoms with E-state index < -0.39 is 0 Å². The number of likely N-dealkylation sites (tertiary alicyclic amines) is 1. The summed E-state index contributed by atoms with van der Waals surface area (Å²) in [5.74, 6) is 1.03. The number of benzene rings is 1. The van der Waals surface area contributed by atoms with E-state index in [-0.39, 0.29) is 11.7 Å². The number of carbonyl (C=O) groups is 1. The summed E-state index contributed by atoms with van der Waals surface area (Å²) in [7, 11) is 0. The van der Waals surface area contributed by atoms with Crippen LogP contribution in [-0.4, -0.2) is 34.9 Å². The molecule has 1 aromatic carbocycles. The van der Waals surface area contributed by atoms with Gasteiger partial charge in [-0.1, -0.05) is 42.8 Å². The molecule has 0 spiro atoms. The number of piperidine rings is 1. The Morgan fingerprint density at radius 2 is 1.95 bits per heavy atom. The fourth-order valence-electron chi connectivity index (χ4n) is 2.73. The van der Waals surface area contributed by atoms with Crippen molar-refractivity contribution in [3.8, 4) is 0 Å². The summed E-state index contributed by atoms with van der Waals surface area (Å²) in [4.78, 5) is 14.2. The molecular formula is C16H23N3O2. The number of amides is 1. The smallest absolute Gasteiger partial charge is 0.226 e. The lowest BCUT2D eigenvalue weighted by Gasteiger charge is -2.31. The number of oxime groups is 1. The number of amidine groups is 1. The van der Waals surface area contributed by atoms with E-state index >= 15 is 0 Å². The van der Waals surface area contributed by atoms with E-state index in [1.807, 2.05) is 17.0 Å². The second kappa shape index (κ2) is 7.11. The molecular weight excluding hydrogens is 266 g/mol. The monoisotopic (exact) mass is 289 g/mol. The van der Waals surface area contributed by atoms with Gasteiger partial charge in [-0.05, 0) is 24.3 Å². The Morgan fingerprint density at radius 3 is 2.48 bits per heavy atom. The second-order valence-electron chi connectivity index (χ2n) is 5.59. The molecule has 1 aliphatic heterocycles. The first-order valence-electron chi connectivity index (χ1n) is 7.48. The molecule has 21 heavy (non-hydrogen) atoms. The summed E-state index contributed by atoms with van der Waals surface area (Å²) < 4.78 is 0. The van der Waals surface area contributed by atoms with Gasteiger partial charge in [0.15, 0.2) is 5.84 Å². The van der Waals surface area contributed by atoms with Crippen LogP contribution in [0.25, 0.3) is 0 Å². The fourth-order valence-corrected chi connectivity index (χ4v) is 2.73. The maximum Gasteiger partial charge on any atom is 0.226 e. The Morgan fingerprint density at radius 1 is 1.33 bits per heavy atom. The van der Waals surface area contributed by atoms with Gasteiger partial charge in [0, 0.05) is 18.7 Å². The van der Waals surface area contributed by atoms with Gasteiger partial charge in [-0.2, -0.15) is 0 Å². The molecule has 2 rings (SSSR count). The minimum Gasteiger partial charge on any atom is -0.409 e. The predicted octanol–water partition coefficient (Wildman–Crippen LogP) is 1.97. The molecule has 0 unspecified atom stereocenters. The minimum atomic E-state index is 0.0783. The van der Waals surface area contributed by atoms with Gasteiger partial charge in [-0.15, -0.1) is 0 Å². The van der Waals surface area contributed by atoms with E-state index in [4.69, 9.17) is 10.9 Å². The Labute approximate surface area is 125 Å². The van der Waals surface area contributed by atoms with E-state index in [1.165, 1.54) is 6.42 Å². The highest BCUT2D eigenvalue weighted by atomic mass is 16.4. The van der Waals surface area contributed by atoms with E-state index in [9.17, 15) is 4.79 Å². The van der Waals surface area contributed by atoms with Crippen LogP contribution in [0.5, 0.6) is 0 Å². The van der Waals surface area contributed by atoms with Crippen LogP contribution >= 0.6 is 0 Å². The molecule has 0 aliphatic carbocycles. The molecule has 1 aromatic rings. The van der Waals surface area contributed by atoms with Gasteiger partial charge in [0.1, 0.15) is 0 Å². The molecule has 1 saturated heterocycles. The van der Waals surface area contributed by atoms with Crippen molar-refractivity contribution in [2.24, 2.45) is 16.8 Å². The molecule has 1 amide bonds. The van der Waals surface area contributed by atoms with E-state index in [0.29, 0.717) is 12.0 Å². The van der Waals surface area contributed by atoms with Crippen LogP contribution in [0.3, 0.4) is 0 Å². The molecule has 1 heterocycles. The van der Waals surface area contributed by atoms with Gasteiger partial charge in [0.25, 0.3) is 0 Å². The molecule has 114 valence electrons. The van der Waals surface area contributed by atoms with E-state index in [2.05, 4.69) is 12.1 Å². The van der Waals surface area contributed by atoms with E-state index in [1.54, 1.807) is 12.1 Å². The number of hydrogen-bond acceptors (Lipinski definition) is 3. The second-order valence-corrected chi connectivity index (χ2v) is 5.59. The number of nitrogens with two attached hydrogens (primary N) is 1. The van der Waals surface area contributed by atoms with Crippen molar-refractivity contribution >= 4 is 11.7 Å². The van der Waals surface area contributed by atoms with Gasteiger partial charge in [-0.25, -0.2) is 0 Å². The molecule has 0 bridgehead atoms. The fraction of sp³-hybridized carbons (Fsp3) is 0.500. The summed E-state index contributed by atoms with van der Waals surface area (Å²) in [5, 5.41) is 11.6. The van der Waals surface area contributed by atoms with E-state index in [0.717, 1.165) is 37.4 Å². The Hall–Kier alpha value is -2.04. The van der Waals surface area contributed by atoms with Crippen LogP contribution in [-0.2, 0) is 11.2 Å². The third kappa shape index (κ3) is 3.97. The quantitative estimate of drug-likeness (QED) is 0.385. The van der Waals surface area contributed by atoms with Crippen molar-refractivity contribution in [2.45, 2.75) is 32.6 Å². The average Bonchev–Trinajstić information content (AvgIpc) is 2.55. The first kappa shape index (κ1) is 15.4. The molecule has 0 radical (unpaired) electrons. The summed E-state index contributed by atoms with van der Waals surface area (Å²) >= 11 is 0. The zero-order chi connectivity index (χ0) is 15.2. The van der Waals surface area contributed by atoms with Gasteiger partial charge < -0.3 is 15.8 Å². The first-order valence-corrected chi connectivity index (χ1v) is 7.48. The summed E-state index contributed by atoms with van der Waals surface area (Å²) in [6, 6.07) is 7.23. The molecule has 3 N–H and O–H groups in total. The topological polar surface area (TPSA) is 78.9 Å². The highest BCUT2D eigenvalue weighted by molar-refractivity contribution is 5.97. The lowest BCUT2D eigenvalue weighted by molar-refractivity contribution is -0.131. The van der Waals surface area contributed by atoms with Crippen molar-refractivity contribution < 1.29 is 10.0 Å². The van der Waals surface area contributed by atoms with Crippen LogP contribution in [0.2, 0.25) is 0 Å². The third-order valence-electron chi connectivity index (χ3n) is 4.26. The van der Waals surface area contributed by atoms with Crippen molar-refractivity contribution in [1.29, 1.82) is 0 Å². The van der Waals surface area contributed by atoms with Crippen molar-refractivity contribution in [1.82, 2.24) is 4.90 Å². The third-order valence-corrected chi connectivity index (χ3v) is 4.26. The lowest BCUT2D eigenvalue weighted by Crippen LogP contribution is -2.39. The van der Waals surface area contributed by atoms with Crippen LogP contribution in [0, 0.1) is 5.92 Å². The molecule has 5 nitrogen and oxygen atoms in total. The van der Waals surface area contributed by atoms with Crippen molar-refractivity contribution in [2.75, 3.05) is 13.1 Å². The largest absolute Gasteiger partial charge is 0.409 e. The van der Waals surface area contributed by atoms with Gasteiger partial charge >= 0.3 is 0 Å². The highest BCUT2D eigenvalue weighted by Crippen LogP contribution is 2.20. The minimum absolute atomic E-state index is 0.0783. The Balaban J connectivity index is 1.91. The molecule has 5 heteroatoms. The van der Waals surface area contributed by atoms with Crippen LogP contribution in [0.15, 0.2) is 29.4 Å². The van der Waals surface area contributed by atoms with Gasteiger partial charge in [-0.3, -0.25) is 4.79 Å². The zero-order valence-corrected chi connectivity index (χ0v) is 12.5. The molecule has 1 aliphatic rings. The lowest BCUT2D eigenvalue weighted by atomic mass is 9.94. The van der Waals surface area contributed by atoms with Gasteiger partial charge in [0.05, 0.1) is 6.42 Å². The summed E-state index contributed by atoms with van der Waals surface area (Å²) in [6.07, 6.45) is 3.85. The number of nitrogens with zero attached hydrogens (tertiary/aromatic N) is 2. The number of carbonyl (C=O) groups excluding carboxylic acids is 1. The zero-order valence-electron chi connectivity index (χ0n) is 12.5. The molecule has 0 saturated carbocycles. The van der Waals surface area contributed by atoms with Crippen molar-refractivity contribution in [3.05, 3.63) is 35.4 Å². The molecule has 1 fully saturated rings. The Bertz CT molecular complexity index is 503. The predicted molar refractivity (Wildman–Crippen MR) is 82.3 cm³/mol. The maximum absolute atomic E-state index is 12.3. The highest BCUT2D eigenvalue weighted by Gasteiger charge is 2.21. The average molecular weight is 289 g/mol. The SMILES string of the molecule is CCC1CCN(C(=O)Cc2ccc(C(N)=NO)cc2)CC1. The normalized spacial score (nSPS) is 17.0.